The van der Waals surface area contributed by atoms with Gasteiger partial charge in [0.15, 0.2) is 5.17 Å². The standard InChI is InChI=1S/C28H26ClN3O2S/c1-20-7-10-23(18-25(20)29)31-13-15-32(16-14-31)28-30-27(33)26(35-28)17-21-8-11-24(12-9-21)34-19-22-5-3-2-4-6-22/h2-12,17-18H,13-16,19H2,1H3/b26-17+. The van der Waals surface area contributed by atoms with E-state index < -0.39 is 0 Å². The Hall–Kier alpha value is -3.22. The first-order valence-electron chi connectivity index (χ1n) is 11.6. The van der Waals surface area contributed by atoms with Crippen LogP contribution < -0.4 is 9.64 Å². The number of hydrogen-bond acceptors (Lipinski definition) is 5. The SMILES string of the molecule is Cc1ccc(N2CCN(C3=NC(=O)/C(=C\c4ccc(OCc5ccccc5)cc4)S3)CC2)cc1Cl. The first kappa shape index (κ1) is 23.5. The van der Waals surface area contributed by atoms with Crippen molar-refractivity contribution >= 4 is 46.2 Å². The number of hydrogen-bond donors (Lipinski definition) is 0. The highest BCUT2D eigenvalue weighted by molar-refractivity contribution is 8.18. The molecule has 5 rings (SSSR count). The minimum absolute atomic E-state index is 0.179. The number of aryl methyl sites for hydroxylation is 1. The van der Waals surface area contributed by atoms with Gasteiger partial charge in [0.25, 0.3) is 5.91 Å². The fourth-order valence-electron chi connectivity index (χ4n) is 4.02. The van der Waals surface area contributed by atoms with Gasteiger partial charge in [-0.05, 0) is 65.7 Å². The van der Waals surface area contributed by atoms with Gasteiger partial charge in [-0.25, -0.2) is 0 Å². The number of benzene rings is 3. The smallest absolute Gasteiger partial charge is 0.286 e. The van der Waals surface area contributed by atoms with E-state index in [0.29, 0.717) is 11.5 Å². The van der Waals surface area contributed by atoms with Gasteiger partial charge >= 0.3 is 0 Å². The summed E-state index contributed by atoms with van der Waals surface area (Å²) >= 11 is 7.75. The van der Waals surface area contributed by atoms with Gasteiger partial charge in [0, 0.05) is 36.9 Å². The Bertz CT molecular complexity index is 1270. The molecule has 0 aliphatic carbocycles. The number of piperazine rings is 1. The van der Waals surface area contributed by atoms with Gasteiger partial charge < -0.3 is 14.5 Å². The number of halogens is 1. The van der Waals surface area contributed by atoms with E-state index in [1.54, 1.807) is 0 Å². The molecule has 7 heteroatoms. The van der Waals surface area contributed by atoms with Gasteiger partial charge in [-0.2, -0.15) is 4.99 Å². The molecule has 0 saturated carbocycles. The Morgan fingerprint density at radius 2 is 1.69 bits per heavy atom. The number of carbonyl (C=O) groups excluding carboxylic acids is 1. The summed E-state index contributed by atoms with van der Waals surface area (Å²) in [6, 6.07) is 24.0. The van der Waals surface area contributed by atoms with Gasteiger partial charge in [0.05, 0.1) is 4.91 Å². The number of nitrogens with zero attached hydrogens (tertiary/aromatic N) is 3. The highest BCUT2D eigenvalue weighted by Gasteiger charge is 2.28. The van der Waals surface area contributed by atoms with Crippen LogP contribution in [0, 0.1) is 6.92 Å². The summed E-state index contributed by atoms with van der Waals surface area (Å²) in [5.41, 5.74) is 4.29. The third-order valence-corrected chi connectivity index (χ3v) is 7.56. The molecule has 35 heavy (non-hydrogen) atoms. The number of rotatable bonds is 5. The van der Waals surface area contributed by atoms with Crippen molar-refractivity contribution in [3.8, 4) is 5.75 Å². The lowest BCUT2D eigenvalue weighted by molar-refractivity contribution is -0.113. The van der Waals surface area contributed by atoms with Crippen molar-refractivity contribution in [1.82, 2.24) is 4.90 Å². The summed E-state index contributed by atoms with van der Waals surface area (Å²) in [7, 11) is 0. The first-order valence-corrected chi connectivity index (χ1v) is 12.8. The maximum Gasteiger partial charge on any atom is 0.286 e. The van der Waals surface area contributed by atoms with E-state index in [1.165, 1.54) is 11.8 Å². The molecule has 0 bridgehead atoms. The lowest BCUT2D eigenvalue weighted by Crippen LogP contribution is -2.47. The van der Waals surface area contributed by atoms with Crippen LogP contribution in [-0.4, -0.2) is 42.2 Å². The summed E-state index contributed by atoms with van der Waals surface area (Å²) in [6.45, 7) is 5.87. The van der Waals surface area contributed by atoms with Crippen LogP contribution in [0.25, 0.3) is 6.08 Å². The summed E-state index contributed by atoms with van der Waals surface area (Å²) in [6.07, 6.45) is 1.90. The third kappa shape index (κ3) is 5.72. The second kappa shape index (κ2) is 10.6. The highest BCUT2D eigenvalue weighted by Crippen LogP contribution is 2.32. The molecular weight excluding hydrogens is 478 g/mol. The van der Waals surface area contributed by atoms with Crippen LogP contribution in [0.4, 0.5) is 5.69 Å². The quantitative estimate of drug-likeness (QED) is 0.398. The fraction of sp³-hybridized carbons (Fsp3) is 0.214. The fourth-order valence-corrected chi connectivity index (χ4v) is 5.16. The number of ether oxygens (including phenoxy) is 1. The zero-order chi connectivity index (χ0) is 24.2. The minimum atomic E-state index is -0.179. The number of amidine groups is 1. The predicted octanol–water partition coefficient (Wildman–Crippen LogP) is 6.02. The lowest BCUT2D eigenvalue weighted by Gasteiger charge is -2.36. The number of anilines is 1. The topological polar surface area (TPSA) is 45.1 Å². The van der Waals surface area contributed by atoms with E-state index >= 15 is 0 Å². The summed E-state index contributed by atoms with van der Waals surface area (Å²) in [5.74, 6) is 0.619. The van der Waals surface area contributed by atoms with E-state index in [4.69, 9.17) is 16.3 Å². The van der Waals surface area contributed by atoms with Crippen molar-refractivity contribution in [3.05, 3.63) is 99.4 Å². The molecule has 3 aromatic carbocycles. The summed E-state index contributed by atoms with van der Waals surface area (Å²) in [4.78, 5) is 22.0. The van der Waals surface area contributed by atoms with Gasteiger partial charge in [-0.3, -0.25) is 4.79 Å². The molecule has 0 radical (unpaired) electrons. The molecule has 2 aliphatic heterocycles. The Balaban J connectivity index is 1.16. The number of thioether (sulfide) groups is 1. The predicted molar refractivity (Wildman–Crippen MR) is 145 cm³/mol. The maximum atomic E-state index is 12.6. The number of aliphatic imine (C=N–C) groups is 1. The molecule has 0 unspecified atom stereocenters. The molecular formula is C28H26ClN3O2S. The van der Waals surface area contributed by atoms with Gasteiger partial charge in [-0.15, -0.1) is 0 Å². The van der Waals surface area contributed by atoms with E-state index in [2.05, 4.69) is 26.9 Å². The molecule has 3 aromatic rings. The van der Waals surface area contributed by atoms with Crippen molar-refractivity contribution in [2.45, 2.75) is 13.5 Å². The van der Waals surface area contributed by atoms with Crippen LogP contribution in [0.3, 0.4) is 0 Å². The molecule has 0 spiro atoms. The average Bonchev–Trinajstić information content (AvgIpc) is 3.26. The molecule has 0 aromatic heterocycles. The molecule has 1 amide bonds. The molecule has 0 atom stereocenters. The van der Waals surface area contributed by atoms with Gasteiger partial charge in [-0.1, -0.05) is 60.1 Å². The van der Waals surface area contributed by atoms with Crippen molar-refractivity contribution in [1.29, 1.82) is 0 Å². The molecule has 0 N–H and O–H groups in total. The van der Waals surface area contributed by atoms with Crippen LogP contribution in [0.15, 0.2) is 82.7 Å². The minimum Gasteiger partial charge on any atom is -0.489 e. The monoisotopic (exact) mass is 503 g/mol. The van der Waals surface area contributed by atoms with Crippen LogP contribution in [0.2, 0.25) is 5.02 Å². The van der Waals surface area contributed by atoms with Crippen molar-refractivity contribution in [2.75, 3.05) is 31.1 Å². The normalized spacial score (nSPS) is 17.1. The molecule has 1 saturated heterocycles. The average molecular weight is 504 g/mol. The lowest BCUT2D eigenvalue weighted by atomic mass is 10.2. The zero-order valence-corrected chi connectivity index (χ0v) is 21.1. The Kier molecular flexibility index (Phi) is 7.11. The third-order valence-electron chi connectivity index (χ3n) is 6.11. The molecule has 178 valence electrons. The van der Waals surface area contributed by atoms with Crippen molar-refractivity contribution in [2.24, 2.45) is 4.99 Å². The van der Waals surface area contributed by atoms with E-state index in [-0.39, 0.29) is 5.91 Å². The van der Waals surface area contributed by atoms with Gasteiger partial charge in [0.2, 0.25) is 0 Å². The van der Waals surface area contributed by atoms with Crippen molar-refractivity contribution in [3.63, 3.8) is 0 Å². The maximum absolute atomic E-state index is 12.6. The van der Waals surface area contributed by atoms with Crippen molar-refractivity contribution < 1.29 is 9.53 Å². The highest BCUT2D eigenvalue weighted by atomic mass is 35.5. The Labute approximate surface area is 215 Å². The molecule has 2 aliphatic rings. The van der Waals surface area contributed by atoms with Crippen LogP contribution in [0.5, 0.6) is 5.75 Å². The largest absolute Gasteiger partial charge is 0.489 e. The molecule has 2 heterocycles. The number of carbonyl (C=O) groups is 1. The van der Waals surface area contributed by atoms with Crippen LogP contribution >= 0.6 is 23.4 Å². The van der Waals surface area contributed by atoms with Gasteiger partial charge in [0.1, 0.15) is 12.4 Å². The first-order chi connectivity index (χ1) is 17.0. The zero-order valence-electron chi connectivity index (χ0n) is 19.5. The Morgan fingerprint density at radius 1 is 0.971 bits per heavy atom. The second-order valence-electron chi connectivity index (χ2n) is 8.56. The van der Waals surface area contributed by atoms with Crippen LogP contribution in [0.1, 0.15) is 16.7 Å². The molecule has 5 nitrogen and oxygen atoms in total. The van der Waals surface area contributed by atoms with E-state index in [9.17, 15) is 4.79 Å². The second-order valence-corrected chi connectivity index (χ2v) is 9.98. The van der Waals surface area contributed by atoms with Crippen LogP contribution in [-0.2, 0) is 11.4 Å². The van der Waals surface area contributed by atoms with E-state index in [0.717, 1.165) is 64.5 Å². The van der Waals surface area contributed by atoms with E-state index in [1.807, 2.05) is 73.7 Å². The summed E-state index contributed by atoms with van der Waals surface area (Å²) in [5, 5.41) is 1.57. The summed E-state index contributed by atoms with van der Waals surface area (Å²) < 4.78 is 5.85. The Morgan fingerprint density at radius 3 is 2.40 bits per heavy atom. The number of amides is 1. The molecule has 1 fully saturated rings.